The molecule has 2 heterocycles. The van der Waals surface area contributed by atoms with Gasteiger partial charge < -0.3 is 16.0 Å². The monoisotopic (exact) mass is 406 g/mol. The van der Waals surface area contributed by atoms with Crippen molar-refractivity contribution < 1.29 is 13.7 Å². The number of hydrogen-bond acceptors (Lipinski definition) is 7. The third-order valence-corrected chi connectivity index (χ3v) is 4.72. The second-order valence-corrected chi connectivity index (χ2v) is 8.57. The van der Waals surface area contributed by atoms with E-state index in [-0.39, 0.29) is 40.1 Å². The number of nitrogens with zero attached hydrogens (tertiary/aromatic N) is 3. The van der Waals surface area contributed by atoms with E-state index in [0.717, 1.165) is 25.0 Å². The maximum Gasteiger partial charge on any atom is 0.353 e. The molecule has 0 radical (unpaired) electrons. The van der Waals surface area contributed by atoms with E-state index in [2.05, 4.69) is 53.6 Å². The summed E-state index contributed by atoms with van der Waals surface area (Å²) in [6.45, 7) is 8.31. The molecule has 2 aromatic rings. The summed E-state index contributed by atoms with van der Waals surface area (Å²) in [4.78, 5) is 19.1. The highest BCUT2D eigenvalue weighted by Crippen LogP contribution is 2.35. The topological polar surface area (TPSA) is 105 Å². The predicted octanol–water partition coefficient (Wildman–Crippen LogP) is 4.13. The van der Waals surface area contributed by atoms with Crippen molar-refractivity contribution in [3.05, 3.63) is 46.3 Å². The molecule has 1 aromatic carbocycles. The lowest BCUT2D eigenvalue weighted by Gasteiger charge is -2.46. The molecule has 0 bridgehead atoms. The van der Waals surface area contributed by atoms with E-state index in [0.29, 0.717) is 0 Å². The fraction of sp³-hybridized carbons (Fsp3) is 0.474. The van der Waals surface area contributed by atoms with Crippen LogP contribution in [0.5, 0.6) is 0 Å². The highest BCUT2D eigenvalue weighted by Gasteiger charge is 2.38. The Morgan fingerprint density at radius 2 is 1.72 bits per heavy atom. The van der Waals surface area contributed by atoms with Gasteiger partial charge in [0.2, 0.25) is 11.6 Å². The van der Waals surface area contributed by atoms with E-state index >= 15 is 0 Å². The summed E-state index contributed by atoms with van der Waals surface area (Å²) in [7, 11) is 0. The number of halogens is 2. The summed E-state index contributed by atoms with van der Waals surface area (Å²) in [6, 6.07) is 3.07. The Morgan fingerprint density at radius 1 is 1.10 bits per heavy atom. The lowest BCUT2D eigenvalue weighted by Crippen LogP contribution is -2.60. The number of anilines is 3. The van der Waals surface area contributed by atoms with Gasteiger partial charge in [0.15, 0.2) is 11.6 Å². The van der Waals surface area contributed by atoms with Gasteiger partial charge >= 0.3 is 5.69 Å². The molecule has 1 aromatic heterocycles. The number of hydrogen-bond donors (Lipinski definition) is 3. The first-order valence-corrected chi connectivity index (χ1v) is 9.23. The number of rotatable bonds is 5. The van der Waals surface area contributed by atoms with E-state index in [1.165, 1.54) is 12.4 Å². The zero-order valence-corrected chi connectivity index (χ0v) is 16.7. The van der Waals surface area contributed by atoms with Gasteiger partial charge in [-0.05, 0) is 52.7 Å². The molecule has 10 heteroatoms. The molecule has 1 aliphatic rings. The van der Waals surface area contributed by atoms with E-state index < -0.39 is 16.6 Å². The van der Waals surface area contributed by atoms with E-state index in [9.17, 15) is 18.9 Å². The molecule has 0 atom stereocenters. The van der Waals surface area contributed by atoms with Gasteiger partial charge in [-0.1, -0.05) is 0 Å². The van der Waals surface area contributed by atoms with Crippen LogP contribution in [0.1, 0.15) is 40.5 Å². The van der Waals surface area contributed by atoms with Gasteiger partial charge in [-0.3, -0.25) is 10.1 Å². The number of benzene rings is 1. The van der Waals surface area contributed by atoms with Gasteiger partial charge in [-0.15, -0.1) is 0 Å². The SMILES string of the molecule is CC1(C)CC(Nc2ncnc(Nc3ccc(F)c(F)c3)c2[N+](=O)[O-])CC(C)(C)N1. The van der Waals surface area contributed by atoms with Gasteiger partial charge in [0.1, 0.15) is 6.33 Å². The molecule has 1 aliphatic heterocycles. The summed E-state index contributed by atoms with van der Waals surface area (Å²) in [5.41, 5.74) is -0.533. The maximum atomic E-state index is 13.5. The Hall–Kier alpha value is -2.88. The van der Waals surface area contributed by atoms with Crippen LogP contribution in [-0.4, -0.2) is 32.0 Å². The third kappa shape index (κ3) is 4.94. The number of aromatic nitrogens is 2. The van der Waals surface area contributed by atoms with Crippen LogP contribution in [0.4, 0.5) is 31.8 Å². The van der Waals surface area contributed by atoms with Gasteiger partial charge in [0.05, 0.1) is 4.92 Å². The molecule has 1 fully saturated rings. The average Bonchev–Trinajstić information content (AvgIpc) is 2.55. The molecule has 0 unspecified atom stereocenters. The summed E-state index contributed by atoms with van der Waals surface area (Å²) < 4.78 is 26.6. The first kappa shape index (κ1) is 20.8. The molecule has 8 nitrogen and oxygen atoms in total. The van der Waals surface area contributed by atoms with Crippen LogP contribution in [0.2, 0.25) is 0 Å². The van der Waals surface area contributed by atoms with E-state index in [1.807, 2.05) is 0 Å². The van der Waals surface area contributed by atoms with Crippen LogP contribution in [0.15, 0.2) is 24.5 Å². The smallest absolute Gasteiger partial charge is 0.353 e. The highest BCUT2D eigenvalue weighted by molar-refractivity contribution is 5.73. The minimum Gasteiger partial charge on any atom is -0.361 e. The van der Waals surface area contributed by atoms with Crippen molar-refractivity contribution in [1.82, 2.24) is 15.3 Å². The van der Waals surface area contributed by atoms with Crippen molar-refractivity contribution in [2.75, 3.05) is 10.6 Å². The van der Waals surface area contributed by atoms with Gasteiger partial charge in [-0.2, -0.15) is 0 Å². The number of nitrogens with one attached hydrogen (secondary N) is 3. The summed E-state index contributed by atoms with van der Waals surface area (Å²) in [5, 5.41) is 21.2. The minimum absolute atomic E-state index is 0.0500. The summed E-state index contributed by atoms with van der Waals surface area (Å²) >= 11 is 0. The number of nitro groups is 1. The van der Waals surface area contributed by atoms with Crippen LogP contribution in [-0.2, 0) is 0 Å². The zero-order valence-electron chi connectivity index (χ0n) is 16.7. The van der Waals surface area contributed by atoms with Crippen LogP contribution in [0.3, 0.4) is 0 Å². The molecule has 156 valence electrons. The fourth-order valence-corrected chi connectivity index (χ4v) is 4.08. The van der Waals surface area contributed by atoms with Gasteiger partial charge in [-0.25, -0.2) is 18.7 Å². The Morgan fingerprint density at radius 3 is 2.31 bits per heavy atom. The third-order valence-electron chi connectivity index (χ3n) is 4.72. The molecule has 0 amide bonds. The normalized spacial score (nSPS) is 18.3. The number of piperidine rings is 1. The van der Waals surface area contributed by atoms with Crippen molar-refractivity contribution in [1.29, 1.82) is 0 Å². The quantitative estimate of drug-likeness (QED) is 0.506. The van der Waals surface area contributed by atoms with Crippen molar-refractivity contribution >= 4 is 23.0 Å². The predicted molar refractivity (Wildman–Crippen MR) is 106 cm³/mol. The Kier molecular flexibility index (Phi) is 5.40. The van der Waals surface area contributed by atoms with Gasteiger partial charge in [0.25, 0.3) is 0 Å². The van der Waals surface area contributed by atoms with E-state index in [4.69, 9.17) is 0 Å². The van der Waals surface area contributed by atoms with Crippen molar-refractivity contribution in [3.63, 3.8) is 0 Å². The largest absolute Gasteiger partial charge is 0.361 e. The molecule has 3 rings (SSSR count). The molecular formula is C19H24F2N6O2. The van der Waals surface area contributed by atoms with Crippen molar-refractivity contribution in [3.8, 4) is 0 Å². The Labute approximate surface area is 167 Å². The van der Waals surface area contributed by atoms with Crippen LogP contribution in [0, 0.1) is 21.7 Å². The minimum atomic E-state index is -1.07. The molecule has 0 aliphatic carbocycles. The summed E-state index contributed by atoms with van der Waals surface area (Å²) in [5.74, 6) is -2.10. The van der Waals surface area contributed by atoms with Gasteiger partial charge in [0, 0.05) is 28.9 Å². The molecule has 0 saturated carbocycles. The molecule has 29 heavy (non-hydrogen) atoms. The molecular weight excluding hydrogens is 382 g/mol. The molecule has 3 N–H and O–H groups in total. The second kappa shape index (κ2) is 7.51. The summed E-state index contributed by atoms with van der Waals surface area (Å²) in [6.07, 6.45) is 2.67. The first-order chi connectivity index (χ1) is 13.5. The van der Waals surface area contributed by atoms with Crippen molar-refractivity contribution in [2.24, 2.45) is 0 Å². The lowest BCUT2D eigenvalue weighted by molar-refractivity contribution is -0.383. The molecule has 0 spiro atoms. The van der Waals surface area contributed by atoms with Crippen LogP contribution in [0.25, 0.3) is 0 Å². The second-order valence-electron chi connectivity index (χ2n) is 8.57. The Bertz CT molecular complexity index is 919. The first-order valence-electron chi connectivity index (χ1n) is 9.23. The maximum absolute atomic E-state index is 13.5. The lowest BCUT2D eigenvalue weighted by atomic mass is 9.79. The highest BCUT2D eigenvalue weighted by atomic mass is 19.2. The standard InChI is InChI=1S/C19H24F2N6O2/c1-18(2)8-12(9-19(3,4)26-18)25-17-15(27(28)29)16(22-10-23-17)24-11-5-6-13(20)14(21)7-11/h5-7,10,12,26H,8-9H2,1-4H3,(H2,22,23,24,25). The molecule has 1 saturated heterocycles. The van der Waals surface area contributed by atoms with E-state index in [1.54, 1.807) is 0 Å². The van der Waals surface area contributed by atoms with Crippen LogP contribution < -0.4 is 16.0 Å². The van der Waals surface area contributed by atoms with Crippen molar-refractivity contribution in [2.45, 2.75) is 57.7 Å². The Balaban J connectivity index is 1.91. The zero-order chi connectivity index (χ0) is 21.4. The fourth-order valence-electron chi connectivity index (χ4n) is 4.08. The van der Waals surface area contributed by atoms with Crippen LogP contribution >= 0.6 is 0 Å². The average molecular weight is 406 g/mol.